The molecule has 0 amide bonds. The van der Waals surface area contributed by atoms with Gasteiger partial charge in [-0.15, -0.1) is 0 Å². The van der Waals surface area contributed by atoms with Gasteiger partial charge in [-0.05, 0) is 30.9 Å². The van der Waals surface area contributed by atoms with Crippen molar-refractivity contribution in [3.8, 4) is 5.88 Å². The summed E-state index contributed by atoms with van der Waals surface area (Å²) in [6.45, 7) is 3.73. The molecule has 16 heavy (non-hydrogen) atoms. The molecule has 3 heterocycles. The van der Waals surface area contributed by atoms with E-state index >= 15 is 0 Å². The van der Waals surface area contributed by atoms with Gasteiger partial charge in [0, 0.05) is 12.5 Å². The van der Waals surface area contributed by atoms with Crippen LogP contribution in [0.2, 0.25) is 0 Å². The summed E-state index contributed by atoms with van der Waals surface area (Å²) in [7, 11) is 0. The minimum Gasteiger partial charge on any atom is -0.407 e. The number of rotatable bonds is 1. The molecular weight excluding hydrogens is 202 g/mol. The number of hydrogen-bond acceptors (Lipinski definition) is 3. The minimum atomic E-state index is -0.197. The number of pyridine rings is 1. The van der Waals surface area contributed by atoms with Crippen molar-refractivity contribution in [2.45, 2.75) is 32.1 Å². The topological polar surface area (TPSA) is 39.2 Å². The fraction of sp³-hybridized carbons (Fsp3) is 0.385. The largest absolute Gasteiger partial charge is 0.407 e. The number of carbonyl (C=O) groups is 1. The molecule has 0 spiro atoms. The van der Waals surface area contributed by atoms with Crippen molar-refractivity contribution in [1.82, 2.24) is 4.98 Å². The molecule has 0 saturated carbocycles. The molecule has 3 heteroatoms. The van der Waals surface area contributed by atoms with E-state index in [1.807, 2.05) is 6.07 Å². The third-order valence-corrected chi connectivity index (χ3v) is 2.73. The fourth-order valence-electron chi connectivity index (χ4n) is 1.86. The van der Waals surface area contributed by atoms with Crippen molar-refractivity contribution in [1.29, 1.82) is 0 Å². The van der Waals surface area contributed by atoms with E-state index in [1.54, 1.807) is 12.1 Å². The Morgan fingerprint density at radius 3 is 2.88 bits per heavy atom. The second-order valence-corrected chi connectivity index (χ2v) is 3.93. The van der Waals surface area contributed by atoms with Gasteiger partial charge >= 0.3 is 5.97 Å². The first-order chi connectivity index (χ1) is 7.79. The van der Waals surface area contributed by atoms with Gasteiger partial charge in [-0.3, -0.25) is 4.79 Å². The summed E-state index contributed by atoms with van der Waals surface area (Å²) in [5.74, 6) is 0.183. The lowest BCUT2D eigenvalue weighted by Gasteiger charge is -2.06. The van der Waals surface area contributed by atoms with E-state index in [4.69, 9.17) is 4.74 Å². The first kappa shape index (κ1) is 10.9. The average molecular weight is 217 g/mol. The summed E-state index contributed by atoms with van der Waals surface area (Å²) in [6, 6.07) is 3.73. The molecule has 0 aromatic carbocycles. The highest BCUT2D eigenvalue weighted by atomic mass is 16.5. The van der Waals surface area contributed by atoms with Gasteiger partial charge < -0.3 is 4.74 Å². The first-order valence-electron chi connectivity index (χ1n) is 5.62. The lowest BCUT2D eigenvalue weighted by Crippen LogP contribution is -2.08. The van der Waals surface area contributed by atoms with Gasteiger partial charge in [-0.2, -0.15) is 0 Å². The average Bonchev–Trinajstić information content (AvgIpc) is 2.34. The summed E-state index contributed by atoms with van der Waals surface area (Å²) in [5.41, 5.74) is 2.00. The van der Waals surface area contributed by atoms with Crippen LogP contribution in [-0.2, 0) is 11.2 Å². The summed E-state index contributed by atoms with van der Waals surface area (Å²) >= 11 is 0. The number of aromatic nitrogens is 1. The van der Waals surface area contributed by atoms with Gasteiger partial charge in [0.1, 0.15) is 0 Å². The SMILES string of the molecule is C=Cc1nc2ccc1CCCCCC(=O)O2. The molecule has 84 valence electrons. The zero-order valence-corrected chi connectivity index (χ0v) is 9.24. The lowest BCUT2D eigenvalue weighted by atomic mass is 10.0. The molecule has 3 rings (SSSR count). The Bertz CT molecular complexity index is 412. The Kier molecular flexibility index (Phi) is 3.34. The molecule has 1 aromatic rings. The molecule has 1 aromatic heterocycles. The Morgan fingerprint density at radius 2 is 2.06 bits per heavy atom. The van der Waals surface area contributed by atoms with E-state index in [-0.39, 0.29) is 5.97 Å². The van der Waals surface area contributed by atoms with Crippen LogP contribution in [0.25, 0.3) is 6.08 Å². The Hall–Kier alpha value is -1.64. The molecular formula is C13H15NO2. The lowest BCUT2D eigenvalue weighted by molar-refractivity contribution is -0.134. The molecule has 0 atom stereocenters. The van der Waals surface area contributed by atoms with Gasteiger partial charge in [0.05, 0.1) is 5.69 Å². The van der Waals surface area contributed by atoms with Gasteiger partial charge in [-0.1, -0.05) is 19.1 Å². The van der Waals surface area contributed by atoms with Crippen molar-refractivity contribution in [3.05, 3.63) is 30.0 Å². The number of nitrogens with zero attached hydrogens (tertiary/aromatic N) is 1. The number of ether oxygens (including phenoxy) is 1. The predicted molar refractivity (Wildman–Crippen MR) is 62.1 cm³/mol. The second-order valence-electron chi connectivity index (χ2n) is 3.93. The Morgan fingerprint density at radius 1 is 1.25 bits per heavy atom. The quantitative estimate of drug-likeness (QED) is 0.679. The summed E-state index contributed by atoms with van der Waals surface area (Å²) < 4.78 is 5.14. The highest BCUT2D eigenvalue weighted by Gasteiger charge is 2.10. The van der Waals surface area contributed by atoms with E-state index in [1.165, 1.54) is 5.56 Å². The van der Waals surface area contributed by atoms with E-state index in [0.717, 1.165) is 31.4 Å². The molecule has 0 radical (unpaired) electrons. The minimum absolute atomic E-state index is 0.197. The van der Waals surface area contributed by atoms with Crippen molar-refractivity contribution in [3.63, 3.8) is 0 Å². The standard InChI is InChI=1S/C13H15NO2/c1-2-11-10-6-4-3-5-7-13(15)16-12(14-11)9-8-10/h2,8-9H,1,3-7H2. The van der Waals surface area contributed by atoms with Crippen LogP contribution >= 0.6 is 0 Å². The van der Waals surface area contributed by atoms with Crippen molar-refractivity contribution in [2.24, 2.45) is 0 Å². The van der Waals surface area contributed by atoms with Gasteiger partial charge in [0.25, 0.3) is 0 Å². The summed E-state index contributed by atoms with van der Waals surface area (Å²) in [5, 5.41) is 0. The van der Waals surface area contributed by atoms with Crippen molar-refractivity contribution < 1.29 is 9.53 Å². The molecule has 2 bridgehead atoms. The highest BCUT2D eigenvalue weighted by Crippen LogP contribution is 2.19. The van der Waals surface area contributed by atoms with Gasteiger partial charge in [-0.25, -0.2) is 4.98 Å². The molecule has 3 nitrogen and oxygen atoms in total. The molecule has 0 unspecified atom stereocenters. The first-order valence-corrected chi connectivity index (χ1v) is 5.62. The van der Waals surface area contributed by atoms with E-state index in [9.17, 15) is 4.79 Å². The van der Waals surface area contributed by atoms with Crippen LogP contribution < -0.4 is 4.74 Å². The van der Waals surface area contributed by atoms with Crippen LogP contribution in [0, 0.1) is 0 Å². The number of aryl methyl sites for hydroxylation is 1. The Labute approximate surface area is 95.2 Å². The van der Waals surface area contributed by atoms with E-state index in [0.29, 0.717) is 12.3 Å². The molecule has 0 N–H and O–H groups in total. The van der Waals surface area contributed by atoms with Gasteiger partial charge in [0.15, 0.2) is 0 Å². The third-order valence-electron chi connectivity index (χ3n) is 2.73. The number of hydrogen-bond donors (Lipinski definition) is 0. The number of carbonyl (C=O) groups excluding carboxylic acids is 1. The molecule has 0 saturated heterocycles. The normalized spacial score (nSPS) is 16.4. The van der Waals surface area contributed by atoms with Crippen LogP contribution in [0.1, 0.15) is 36.9 Å². The maximum atomic E-state index is 11.4. The summed E-state index contributed by atoms with van der Waals surface area (Å²) in [6.07, 6.45) is 6.20. The van der Waals surface area contributed by atoms with Crippen molar-refractivity contribution in [2.75, 3.05) is 0 Å². The molecule has 0 fully saturated rings. The summed E-state index contributed by atoms with van der Waals surface area (Å²) in [4.78, 5) is 15.7. The molecule has 2 aliphatic heterocycles. The predicted octanol–water partition coefficient (Wildman–Crippen LogP) is 2.75. The maximum absolute atomic E-state index is 11.4. The smallest absolute Gasteiger partial charge is 0.312 e. The van der Waals surface area contributed by atoms with Crippen LogP contribution in [0.15, 0.2) is 18.7 Å². The number of esters is 1. The van der Waals surface area contributed by atoms with Crippen LogP contribution in [-0.4, -0.2) is 11.0 Å². The van der Waals surface area contributed by atoms with Crippen molar-refractivity contribution >= 4 is 12.0 Å². The van der Waals surface area contributed by atoms with E-state index < -0.39 is 0 Å². The van der Waals surface area contributed by atoms with E-state index in [2.05, 4.69) is 11.6 Å². The Balaban J connectivity index is 2.32. The second kappa shape index (κ2) is 4.92. The number of fused-ring (bicyclic) bond motifs is 8. The fourth-order valence-corrected chi connectivity index (χ4v) is 1.86. The zero-order chi connectivity index (χ0) is 11.4. The molecule has 2 aliphatic rings. The zero-order valence-electron chi connectivity index (χ0n) is 9.24. The van der Waals surface area contributed by atoms with Crippen LogP contribution in [0.3, 0.4) is 0 Å². The monoisotopic (exact) mass is 217 g/mol. The maximum Gasteiger partial charge on any atom is 0.312 e. The van der Waals surface area contributed by atoms with Crippen LogP contribution in [0.4, 0.5) is 0 Å². The third kappa shape index (κ3) is 2.48. The van der Waals surface area contributed by atoms with Gasteiger partial charge in [0.2, 0.25) is 5.88 Å². The molecule has 0 aliphatic carbocycles. The highest BCUT2D eigenvalue weighted by molar-refractivity contribution is 5.72. The van der Waals surface area contributed by atoms with Crippen LogP contribution in [0.5, 0.6) is 5.88 Å².